The molecule has 2 nitrogen and oxygen atoms in total. The van der Waals surface area contributed by atoms with E-state index in [4.69, 9.17) is 4.74 Å². The minimum Gasteiger partial charge on any atom is -0.458 e. The Morgan fingerprint density at radius 2 is 2.24 bits per heavy atom. The van der Waals surface area contributed by atoms with Crippen molar-refractivity contribution in [3.8, 4) is 0 Å². The second-order valence-corrected chi connectivity index (χ2v) is 5.84. The minimum absolute atomic E-state index is 0.0341. The zero-order valence-corrected chi connectivity index (χ0v) is 10.2. The van der Waals surface area contributed by atoms with Gasteiger partial charge in [0.15, 0.2) is 0 Å². The fourth-order valence-corrected chi connectivity index (χ4v) is 3.69. The molecule has 17 heavy (non-hydrogen) atoms. The van der Waals surface area contributed by atoms with E-state index in [1.54, 1.807) is 0 Å². The lowest BCUT2D eigenvalue weighted by atomic mass is 9.58. The number of allylic oxidation sites excluding steroid dienone is 3. The summed E-state index contributed by atoms with van der Waals surface area (Å²) in [5, 5.41) is 0. The van der Waals surface area contributed by atoms with E-state index in [9.17, 15) is 4.79 Å². The molecule has 0 radical (unpaired) electrons. The third kappa shape index (κ3) is 1.43. The van der Waals surface area contributed by atoms with Crippen LogP contribution in [0.3, 0.4) is 0 Å². The van der Waals surface area contributed by atoms with E-state index < -0.39 is 0 Å². The summed E-state index contributed by atoms with van der Waals surface area (Å²) in [6, 6.07) is 0. The molecule has 1 aliphatic heterocycles. The average Bonchev–Trinajstić information content (AvgIpc) is 2.52. The molecule has 0 aromatic carbocycles. The van der Waals surface area contributed by atoms with Gasteiger partial charge in [-0.3, -0.25) is 0 Å². The Kier molecular flexibility index (Phi) is 2.13. The SMILES string of the molecule is C=C1C(=O)O[C@@H]2C[C@@]3(C)C=CCC(=C)[C@H]3C[C@H]12. The van der Waals surface area contributed by atoms with Crippen molar-refractivity contribution in [3.63, 3.8) is 0 Å². The predicted molar refractivity (Wildman–Crippen MR) is 66.2 cm³/mol. The van der Waals surface area contributed by atoms with E-state index in [0.717, 1.165) is 19.3 Å². The molecule has 0 unspecified atom stereocenters. The highest BCUT2D eigenvalue weighted by Crippen LogP contribution is 2.54. The van der Waals surface area contributed by atoms with Gasteiger partial charge in [-0.1, -0.05) is 37.8 Å². The summed E-state index contributed by atoms with van der Waals surface area (Å²) >= 11 is 0. The van der Waals surface area contributed by atoms with Crippen LogP contribution in [0.5, 0.6) is 0 Å². The van der Waals surface area contributed by atoms with Crippen LogP contribution >= 0.6 is 0 Å². The minimum atomic E-state index is -0.197. The van der Waals surface area contributed by atoms with E-state index in [-0.39, 0.29) is 23.4 Å². The van der Waals surface area contributed by atoms with Gasteiger partial charge < -0.3 is 4.74 Å². The summed E-state index contributed by atoms with van der Waals surface area (Å²) in [4.78, 5) is 11.6. The van der Waals surface area contributed by atoms with Gasteiger partial charge in [0.1, 0.15) is 6.10 Å². The number of esters is 1. The molecule has 0 amide bonds. The molecule has 90 valence electrons. The number of carbonyl (C=O) groups is 1. The third-order valence-corrected chi connectivity index (χ3v) is 4.72. The van der Waals surface area contributed by atoms with E-state index in [0.29, 0.717) is 11.5 Å². The molecule has 2 fully saturated rings. The van der Waals surface area contributed by atoms with Gasteiger partial charge in [-0.25, -0.2) is 4.79 Å². The normalized spacial score (nSPS) is 44.3. The standard InChI is InChI=1S/C15H18O2/c1-9-5-4-6-15(3)8-13-11(7-12(9)15)10(2)14(16)17-13/h4,6,11-13H,1-2,5,7-8H2,3H3/t11-,12-,13-,15-/m1/s1. The van der Waals surface area contributed by atoms with Gasteiger partial charge in [-0.05, 0) is 30.6 Å². The van der Waals surface area contributed by atoms with Crippen LogP contribution in [0.25, 0.3) is 0 Å². The molecule has 1 saturated carbocycles. The number of fused-ring (bicyclic) bond motifs is 2. The Balaban J connectivity index is 1.95. The second kappa shape index (κ2) is 3.34. The first kappa shape index (κ1) is 10.8. The number of carbonyl (C=O) groups excluding carboxylic acids is 1. The Morgan fingerprint density at radius 1 is 1.47 bits per heavy atom. The van der Waals surface area contributed by atoms with Gasteiger partial charge in [0, 0.05) is 11.5 Å². The molecule has 0 aromatic heterocycles. The zero-order chi connectivity index (χ0) is 12.2. The summed E-state index contributed by atoms with van der Waals surface area (Å²) in [5.74, 6) is 0.487. The fourth-order valence-electron chi connectivity index (χ4n) is 3.69. The van der Waals surface area contributed by atoms with E-state index in [2.05, 4.69) is 32.2 Å². The van der Waals surface area contributed by atoms with Crippen molar-refractivity contribution in [2.24, 2.45) is 17.3 Å². The maximum absolute atomic E-state index is 11.6. The van der Waals surface area contributed by atoms with Crippen molar-refractivity contribution >= 4 is 5.97 Å². The summed E-state index contributed by atoms with van der Waals surface area (Å²) in [7, 11) is 0. The Hall–Kier alpha value is -1.31. The van der Waals surface area contributed by atoms with Crippen molar-refractivity contribution in [3.05, 3.63) is 36.5 Å². The first-order valence-electron chi connectivity index (χ1n) is 6.26. The topological polar surface area (TPSA) is 26.3 Å². The Labute approximate surface area is 102 Å². The van der Waals surface area contributed by atoms with Crippen molar-refractivity contribution in [2.75, 3.05) is 0 Å². The molecule has 0 N–H and O–H groups in total. The van der Waals surface area contributed by atoms with Crippen LogP contribution in [0, 0.1) is 17.3 Å². The van der Waals surface area contributed by atoms with Gasteiger partial charge in [0.25, 0.3) is 0 Å². The zero-order valence-electron chi connectivity index (χ0n) is 10.2. The van der Waals surface area contributed by atoms with Gasteiger partial charge in [0.2, 0.25) is 0 Å². The molecule has 4 atom stereocenters. The number of hydrogen-bond acceptors (Lipinski definition) is 2. The first-order valence-corrected chi connectivity index (χ1v) is 6.26. The van der Waals surface area contributed by atoms with E-state index in [1.807, 2.05) is 0 Å². The Bertz CT molecular complexity index is 446. The molecule has 1 saturated heterocycles. The van der Waals surface area contributed by atoms with Crippen LogP contribution in [-0.4, -0.2) is 12.1 Å². The first-order chi connectivity index (χ1) is 8.01. The maximum Gasteiger partial charge on any atom is 0.334 e. The van der Waals surface area contributed by atoms with Crippen LogP contribution in [0.1, 0.15) is 26.2 Å². The number of ether oxygens (including phenoxy) is 1. The number of rotatable bonds is 0. The van der Waals surface area contributed by atoms with Crippen molar-refractivity contribution in [1.29, 1.82) is 0 Å². The maximum atomic E-state index is 11.6. The van der Waals surface area contributed by atoms with Crippen LogP contribution in [0.4, 0.5) is 0 Å². The monoisotopic (exact) mass is 230 g/mol. The molecular weight excluding hydrogens is 212 g/mol. The lowest BCUT2D eigenvalue weighted by Crippen LogP contribution is -2.41. The smallest absolute Gasteiger partial charge is 0.334 e. The highest BCUT2D eigenvalue weighted by molar-refractivity contribution is 5.90. The van der Waals surface area contributed by atoms with Crippen LogP contribution in [-0.2, 0) is 9.53 Å². The largest absolute Gasteiger partial charge is 0.458 e. The van der Waals surface area contributed by atoms with Crippen molar-refractivity contribution in [2.45, 2.75) is 32.3 Å². The van der Waals surface area contributed by atoms with E-state index >= 15 is 0 Å². The number of hydrogen-bond donors (Lipinski definition) is 0. The van der Waals surface area contributed by atoms with Gasteiger partial charge in [0.05, 0.1) is 0 Å². The Morgan fingerprint density at radius 3 is 3.00 bits per heavy atom. The van der Waals surface area contributed by atoms with Gasteiger partial charge >= 0.3 is 5.97 Å². The van der Waals surface area contributed by atoms with E-state index in [1.165, 1.54) is 5.57 Å². The lowest BCUT2D eigenvalue weighted by Gasteiger charge is -2.46. The summed E-state index contributed by atoms with van der Waals surface area (Å²) in [6.45, 7) is 10.3. The molecule has 3 rings (SSSR count). The van der Waals surface area contributed by atoms with Crippen molar-refractivity contribution in [1.82, 2.24) is 0 Å². The summed E-state index contributed by atoms with van der Waals surface area (Å²) < 4.78 is 5.42. The molecular formula is C15H18O2. The van der Waals surface area contributed by atoms with Gasteiger partial charge in [-0.2, -0.15) is 0 Å². The molecule has 0 bridgehead atoms. The summed E-state index contributed by atoms with van der Waals surface area (Å²) in [6.07, 6.45) is 7.37. The summed E-state index contributed by atoms with van der Waals surface area (Å²) in [5.41, 5.74) is 2.07. The van der Waals surface area contributed by atoms with Crippen molar-refractivity contribution < 1.29 is 9.53 Å². The quantitative estimate of drug-likeness (QED) is 0.363. The lowest BCUT2D eigenvalue weighted by molar-refractivity contribution is -0.141. The molecule has 1 heterocycles. The molecule has 0 spiro atoms. The highest BCUT2D eigenvalue weighted by Gasteiger charge is 2.51. The van der Waals surface area contributed by atoms with Crippen LogP contribution in [0.2, 0.25) is 0 Å². The van der Waals surface area contributed by atoms with Crippen LogP contribution < -0.4 is 0 Å². The molecule has 0 aromatic rings. The predicted octanol–water partition coefficient (Wildman–Crippen LogP) is 3.02. The average molecular weight is 230 g/mol. The second-order valence-electron chi connectivity index (χ2n) is 5.84. The fraction of sp³-hybridized carbons (Fsp3) is 0.533. The highest BCUT2D eigenvalue weighted by atomic mass is 16.6. The third-order valence-electron chi connectivity index (χ3n) is 4.72. The molecule has 3 aliphatic rings. The molecule has 2 aliphatic carbocycles. The molecule has 2 heteroatoms. The van der Waals surface area contributed by atoms with Crippen LogP contribution in [0.15, 0.2) is 36.5 Å². The van der Waals surface area contributed by atoms with Gasteiger partial charge in [-0.15, -0.1) is 0 Å².